The number of hydrogen-bond acceptors (Lipinski definition) is 5. The lowest BCUT2D eigenvalue weighted by molar-refractivity contribution is 0.540. The average molecular weight is 355 g/mol. The molecule has 1 aromatic carbocycles. The second-order valence-corrected chi connectivity index (χ2v) is 9.16. The Morgan fingerprint density at radius 2 is 1.90 bits per heavy atom. The van der Waals surface area contributed by atoms with Crippen molar-refractivity contribution >= 4 is 31.6 Å². The Morgan fingerprint density at radius 1 is 1.29 bits per heavy atom. The molecule has 9 heteroatoms. The van der Waals surface area contributed by atoms with Gasteiger partial charge in [-0.15, -0.1) is 0 Å². The molecule has 0 amide bonds. The van der Waals surface area contributed by atoms with Crippen molar-refractivity contribution in [3.05, 3.63) is 24.0 Å². The summed E-state index contributed by atoms with van der Waals surface area (Å²) in [6.07, 6.45) is 3.32. The monoisotopic (exact) mass is 355 g/mol. The maximum absolute atomic E-state index is 13.8. The van der Waals surface area contributed by atoms with Crippen molar-refractivity contribution in [2.24, 2.45) is 0 Å². The molecule has 0 aliphatic heterocycles. The van der Waals surface area contributed by atoms with Crippen LogP contribution < -0.4 is 4.72 Å². The summed E-state index contributed by atoms with van der Waals surface area (Å²) in [5, 5.41) is 0. The number of rotatable bonds is 7. The molecular formula is C12H18FNO4S3. The van der Waals surface area contributed by atoms with Gasteiger partial charge < -0.3 is 0 Å². The van der Waals surface area contributed by atoms with Crippen molar-refractivity contribution in [1.82, 2.24) is 4.72 Å². The second-order valence-electron chi connectivity index (χ2n) is 4.55. The first-order valence-electron chi connectivity index (χ1n) is 6.12. The fourth-order valence-corrected chi connectivity index (χ4v) is 4.61. The highest BCUT2D eigenvalue weighted by atomic mass is 32.2. The van der Waals surface area contributed by atoms with Gasteiger partial charge in [0.1, 0.15) is 10.7 Å². The molecule has 1 aromatic rings. The van der Waals surface area contributed by atoms with Crippen LogP contribution in [0.5, 0.6) is 0 Å². The first-order chi connectivity index (χ1) is 9.61. The molecule has 0 bridgehead atoms. The van der Waals surface area contributed by atoms with Gasteiger partial charge in [-0.2, -0.15) is 11.8 Å². The Kier molecular flexibility index (Phi) is 6.21. The lowest BCUT2D eigenvalue weighted by Crippen LogP contribution is -2.36. The van der Waals surface area contributed by atoms with Gasteiger partial charge in [-0.05, 0) is 30.9 Å². The Hall–Kier alpha value is -0.640. The van der Waals surface area contributed by atoms with Gasteiger partial charge in [0.25, 0.3) is 0 Å². The second kappa shape index (κ2) is 7.08. The highest BCUT2D eigenvalue weighted by Gasteiger charge is 2.24. The van der Waals surface area contributed by atoms with Crippen LogP contribution in [-0.2, 0) is 19.9 Å². The molecule has 0 saturated heterocycles. The van der Waals surface area contributed by atoms with Crippen molar-refractivity contribution in [3.63, 3.8) is 0 Å². The van der Waals surface area contributed by atoms with Crippen LogP contribution in [0.4, 0.5) is 4.39 Å². The zero-order valence-electron chi connectivity index (χ0n) is 12.0. The largest absolute Gasteiger partial charge is 0.243 e. The SMILES string of the molecule is CCC(CSC)NS(=O)(=O)c1cc(S(C)(=O)=O)ccc1F. The van der Waals surface area contributed by atoms with Gasteiger partial charge in [0, 0.05) is 18.1 Å². The number of thioether (sulfide) groups is 1. The third kappa shape index (κ3) is 4.94. The van der Waals surface area contributed by atoms with E-state index in [0.717, 1.165) is 24.5 Å². The van der Waals surface area contributed by atoms with Crippen LogP contribution >= 0.6 is 11.8 Å². The van der Waals surface area contributed by atoms with Gasteiger partial charge in [0.2, 0.25) is 10.0 Å². The lowest BCUT2D eigenvalue weighted by Gasteiger charge is -2.16. The predicted molar refractivity (Wildman–Crippen MR) is 82.3 cm³/mol. The van der Waals surface area contributed by atoms with Crippen LogP contribution in [-0.4, -0.2) is 41.1 Å². The first-order valence-corrected chi connectivity index (χ1v) is 10.9. The highest BCUT2D eigenvalue weighted by molar-refractivity contribution is 7.98. The summed E-state index contributed by atoms with van der Waals surface area (Å²) >= 11 is 1.47. The van der Waals surface area contributed by atoms with E-state index in [1.807, 2.05) is 13.2 Å². The Labute approximate surface area is 129 Å². The third-order valence-corrected chi connectivity index (χ3v) is 6.18. The highest BCUT2D eigenvalue weighted by Crippen LogP contribution is 2.20. The van der Waals surface area contributed by atoms with Crippen molar-refractivity contribution < 1.29 is 21.2 Å². The number of hydrogen-bond donors (Lipinski definition) is 1. The fraction of sp³-hybridized carbons (Fsp3) is 0.500. The molecule has 0 aromatic heterocycles. The topological polar surface area (TPSA) is 80.3 Å². The lowest BCUT2D eigenvalue weighted by atomic mass is 10.3. The quantitative estimate of drug-likeness (QED) is 0.752. The first kappa shape index (κ1) is 18.4. The number of nitrogens with one attached hydrogen (secondary N) is 1. The number of halogens is 1. The van der Waals surface area contributed by atoms with E-state index in [9.17, 15) is 21.2 Å². The molecule has 0 spiro atoms. The minimum absolute atomic E-state index is 0.234. The van der Waals surface area contributed by atoms with E-state index in [1.165, 1.54) is 11.8 Å². The van der Waals surface area contributed by atoms with Gasteiger partial charge in [-0.1, -0.05) is 6.92 Å². The average Bonchev–Trinajstić information content (AvgIpc) is 2.36. The van der Waals surface area contributed by atoms with Crippen LogP contribution in [0.1, 0.15) is 13.3 Å². The van der Waals surface area contributed by atoms with E-state index in [4.69, 9.17) is 0 Å². The number of sulfonamides is 1. The third-order valence-electron chi connectivity index (χ3n) is 2.80. The van der Waals surface area contributed by atoms with E-state index < -0.39 is 30.6 Å². The molecule has 120 valence electrons. The molecule has 0 radical (unpaired) electrons. The molecule has 0 aliphatic rings. The minimum atomic E-state index is -4.11. The maximum Gasteiger partial charge on any atom is 0.243 e. The van der Waals surface area contributed by atoms with Gasteiger partial charge in [-0.25, -0.2) is 25.9 Å². The van der Waals surface area contributed by atoms with Crippen LogP contribution in [0.3, 0.4) is 0 Å². The van der Waals surface area contributed by atoms with Crippen LogP contribution in [0, 0.1) is 5.82 Å². The van der Waals surface area contributed by atoms with Crippen LogP contribution in [0.2, 0.25) is 0 Å². The summed E-state index contributed by atoms with van der Waals surface area (Å²) in [7, 11) is -7.72. The van der Waals surface area contributed by atoms with E-state index in [1.54, 1.807) is 0 Å². The van der Waals surface area contributed by atoms with Gasteiger partial charge in [0.05, 0.1) is 4.90 Å². The summed E-state index contributed by atoms with van der Waals surface area (Å²) in [6, 6.07) is 2.40. The molecule has 1 atom stereocenters. The smallest absolute Gasteiger partial charge is 0.224 e. The van der Waals surface area contributed by atoms with E-state index in [0.29, 0.717) is 12.2 Å². The molecule has 0 heterocycles. The van der Waals surface area contributed by atoms with Crippen molar-refractivity contribution in [3.8, 4) is 0 Å². The molecular weight excluding hydrogens is 337 g/mol. The summed E-state index contributed by atoms with van der Waals surface area (Å²) < 4.78 is 63.5. The zero-order valence-corrected chi connectivity index (χ0v) is 14.4. The Morgan fingerprint density at radius 3 is 2.38 bits per heavy atom. The predicted octanol–water partition coefficient (Wildman–Crippen LogP) is 1.65. The normalized spacial score (nSPS) is 14.1. The number of benzene rings is 1. The van der Waals surface area contributed by atoms with Crippen molar-refractivity contribution in [2.75, 3.05) is 18.3 Å². The molecule has 1 unspecified atom stereocenters. The van der Waals surface area contributed by atoms with Crippen LogP contribution in [0.15, 0.2) is 28.0 Å². The standard InChI is InChI=1S/C12H18FNO4S3/c1-4-9(8-19-2)14-21(17,18)12-7-10(20(3,15)16)5-6-11(12)13/h5-7,9,14H,4,8H2,1-3H3. The number of sulfone groups is 1. The molecule has 5 nitrogen and oxygen atoms in total. The van der Waals surface area contributed by atoms with E-state index in [2.05, 4.69) is 4.72 Å². The maximum atomic E-state index is 13.8. The van der Waals surface area contributed by atoms with Crippen molar-refractivity contribution in [2.45, 2.75) is 29.2 Å². The molecule has 1 N–H and O–H groups in total. The van der Waals surface area contributed by atoms with Crippen LogP contribution in [0.25, 0.3) is 0 Å². The molecule has 0 saturated carbocycles. The molecule has 1 rings (SSSR count). The zero-order chi connectivity index (χ0) is 16.3. The van der Waals surface area contributed by atoms with E-state index in [-0.39, 0.29) is 10.9 Å². The Bertz CT molecular complexity index is 701. The minimum Gasteiger partial charge on any atom is -0.224 e. The molecule has 21 heavy (non-hydrogen) atoms. The summed E-state index contributed by atoms with van der Waals surface area (Å²) in [6.45, 7) is 1.81. The fourth-order valence-electron chi connectivity index (χ4n) is 1.64. The molecule has 0 fully saturated rings. The van der Waals surface area contributed by atoms with Gasteiger partial charge in [0.15, 0.2) is 9.84 Å². The Balaban J connectivity index is 3.25. The van der Waals surface area contributed by atoms with Gasteiger partial charge >= 0.3 is 0 Å². The van der Waals surface area contributed by atoms with Crippen molar-refractivity contribution in [1.29, 1.82) is 0 Å². The van der Waals surface area contributed by atoms with Gasteiger partial charge in [-0.3, -0.25) is 0 Å². The molecule has 0 aliphatic carbocycles. The summed E-state index contributed by atoms with van der Waals surface area (Å²) in [5.74, 6) is -0.433. The van der Waals surface area contributed by atoms with E-state index >= 15 is 0 Å². The summed E-state index contributed by atoms with van der Waals surface area (Å²) in [4.78, 5) is -0.882. The summed E-state index contributed by atoms with van der Waals surface area (Å²) in [5.41, 5.74) is 0.